The van der Waals surface area contributed by atoms with Gasteiger partial charge in [0.2, 0.25) is 11.8 Å². The molecule has 0 unspecified atom stereocenters. The highest BCUT2D eigenvalue weighted by Gasteiger charge is 2.10. The average Bonchev–Trinajstić information content (AvgIpc) is 3.12. The number of nitrogens with zero attached hydrogens (tertiary/aromatic N) is 2. The number of hydrogen-bond donors (Lipinski definition) is 1. The van der Waals surface area contributed by atoms with Gasteiger partial charge in [0.25, 0.3) is 5.22 Å². The lowest BCUT2D eigenvalue weighted by molar-refractivity contribution is -0.118. The van der Waals surface area contributed by atoms with Gasteiger partial charge in [-0.1, -0.05) is 60.3 Å². The van der Waals surface area contributed by atoms with E-state index in [0.29, 0.717) is 24.1 Å². The fourth-order valence-electron chi connectivity index (χ4n) is 2.19. The molecule has 0 saturated heterocycles. The van der Waals surface area contributed by atoms with Gasteiger partial charge in [-0.2, -0.15) is 0 Å². The first-order valence-electron chi connectivity index (χ1n) is 8.23. The topological polar surface area (TPSA) is 68.0 Å². The van der Waals surface area contributed by atoms with E-state index >= 15 is 0 Å². The van der Waals surface area contributed by atoms with Crippen molar-refractivity contribution in [1.29, 1.82) is 0 Å². The van der Waals surface area contributed by atoms with Crippen molar-refractivity contribution in [3.8, 4) is 0 Å². The lowest BCUT2D eigenvalue weighted by Crippen LogP contribution is -2.27. The largest absolute Gasteiger partial charge is 0.416 e. The first kappa shape index (κ1) is 18.5. The Bertz CT molecular complexity index is 810. The normalized spacial score (nSPS) is 10.6. The van der Waals surface area contributed by atoms with Crippen LogP contribution in [0, 0.1) is 0 Å². The van der Waals surface area contributed by atoms with E-state index in [-0.39, 0.29) is 11.7 Å². The van der Waals surface area contributed by atoms with Crippen molar-refractivity contribution in [2.75, 3.05) is 18.1 Å². The number of carbonyl (C=O) groups is 1. The Balaban J connectivity index is 1.34. The molecule has 1 amide bonds. The van der Waals surface area contributed by atoms with Crippen LogP contribution in [-0.4, -0.2) is 34.2 Å². The van der Waals surface area contributed by atoms with Gasteiger partial charge in [0.15, 0.2) is 0 Å². The smallest absolute Gasteiger partial charge is 0.277 e. The molecule has 1 aromatic heterocycles. The molecule has 2 aromatic carbocycles. The molecule has 7 heteroatoms. The first-order chi connectivity index (χ1) is 12.8. The lowest BCUT2D eigenvalue weighted by atomic mass is 10.2. The van der Waals surface area contributed by atoms with Gasteiger partial charge in [0.1, 0.15) is 0 Å². The lowest BCUT2D eigenvalue weighted by Gasteiger charge is -2.04. The van der Waals surface area contributed by atoms with E-state index in [1.807, 2.05) is 48.5 Å². The van der Waals surface area contributed by atoms with Crippen LogP contribution in [0.2, 0.25) is 0 Å². The molecule has 0 aliphatic heterocycles. The second-order valence-corrected chi connectivity index (χ2v) is 7.52. The molecule has 0 aliphatic rings. The second kappa shape index (κ2) is 10.0. The summed E-state index contributed by atoms with van der Waals surface area (Å²) in [5.74, 6) is 1.62. The molecule has 0 spiro atoms. The maximum atomic E-state index is 11.9. The molecule has 0 radical (unpaired) electrons. The first-order valence-corrected chi connectivity index (χ1v) is 10.2. The monoisotopic (exact) mass is 385 g/mol. The summed E-state index contributed by atoms with van der Waals surface area (Å²) in [6.45, 7) is 0.627. The summed E-state index contributed by atoms with van der Waals surface area (Å²) in [7, 11) is 0. The molecule has 5 nitrogen and oxygen atoms in total. The third kappa shape index (κ3) is 6.24. The molecular weight excluding hydrogens is 366 g/mol. The van der Waals surface area contributed by atoms with Gasteiger partial charge < -0.3 is 9.73 Å². The summed E-state index contributed by atoms with van der Waals surface area (Å²) < 4.78 is 5.58. The molecular formula is C19H19N3O2S2. The van der Waals surface area contributed by atoms with E-state index in [0.717, 1.165) is 11.3 Å². The molecule has 0 aliphatic carbocycles. The molecule has 26 heavy (non-hydrogen) atoms. The second-order valence-electron chi connectivity index (χ2n) is 5.42. The molecule has 1 N–H and O–H groups in total. The van der Waals surface area contributed by atoms with Crippen LogP contribution >= 0.6 is 23.5 Å². The van der Waals surface area contributed by atoms with Crippen LogP contribution in [0.4, 0.5) is 0 Å². The molecule has 0 fully saturated rings. The number of benzene rings is 2. The van der Waals surface area contributed by atoms with E-state index in [2.05, 4.69) is 27.6 Å². The predicted octanol–water partition coefficient (Wildman–Crippen LogP) is 3.66. The molecule has 0 atom stereocenters. The highest BCUT2D eigenvalue weighted by atomic mass is 32.2. The van der Waals surface area contributed by atoms with E-state index in [4.69, 9.17) is 4.42 Å². The van der Waals surface area contributed by atoms with Gasteiger partial charge in [-0.15, -0.1) is 22.0 Å². The highest BCUT2D eigenvalue weighted by molar-refractivity contribution is 7.99. The van der Waals surface area contributed by atoms with Crippen LogP contribution in [0.3, 0.4) is 0 Å². The number of rotatable bonds is 9. The Hall–Kier alpha value is -2.25. The minimum absolute atomic E-state index is 0.0357. The van der Waals surface area contributed by atoms with Crippen LogP contribution in [0.5, 0.6) is 0 Å². The molecule has 1 heterocycles. The third-order valence-corrected chi connectivity index (χ3v) is 5.24. The van der Waals surface area contributed by atoms with Crippen LogP contribution < -0.4 is 5.32 Å². The van der Waals surface area contributed by atoms with E-state index in [1.54, 1.807) is 11.8 Å². The van der Waals surface area contributed by atoms with E-state index in [1.165, 1.54) is 16.7 Å². The van der Waals surface area contributed by atoms with Crippen LogP contribution in [0.1, 0.15) is 11.5 Å². The van der Waals surface area contributed by atoms with Crippen molar-refractivity contribution in [2.45, 2.75) is 16.5 Å². The molecule has 3 rings (SSSR count). The highest BCUT2D eigenvalue weighted by Crippen LogP contribution is 2.18. The molecule has 3 aromatic rings. The van der Waals surface area contributed by atoms with Gasteiger partial charge in [-0.05, 0) is 17.7 Å². The third-order valence-electron chi connectivity index (χ3n) is 3.41. The SMILES string of the molecule is O=C(CSc1nnc(Cc2ccccc2)o1)NCCSc1ccccc1. The zero-order chi connectivity index (χ0) is 18.0. The van der Waals surface area contributed by atoms with Crippen molar-refractivity contribution >= 4 is 29.4 Å². The van der Waals surface area contributed by atoms with Gasteiger partial charge in [-0.3, -0.25) is 4.79 Å². The minimum Gasteiger partial charge on any atom is -0.416 e. The Labute approximate surface area is 161 Å². The maximum Gasteiger partial charge on any atom is 0.277 e. The Morgan fingerprint density at radius 1 is 0.962 bits per heavy atom. The van der Waals surface area contributed by atoms with Crippen molar-refractivity contribution in [3.05, 3.63) is 72.1 Å². The van der Waals surface area contributed by atoms with Gasteiger partial charge in [-0.25, -0.2) is 0 Å². The van der Waals surface area contributed by atoms with Crippen molar-refractivity contribution < 1.29 is 9.21 Å². The Morgan fingerprint density at radius 2 is 1.69 bits per heavy atom. The molecule has 0 bridgehead atoms. The zero-order valence-corrected chi connectivity index (χ0v) is 15.8. The number of hydrogen-bond acceptors (Lipinski definition) is 6. The number of nitrogens with one attached hydrogen (secondary N) is 1. The summed E-state index contributed by atoms with van der Waals surface area (Å²) in [5.41, 5.74) is 1.11. The minimum atomic E-state index is -0.0357. The summed E-state index contributed by atoms with van der Waals surface area (Å²) in [6.07, 6.45) is 0.595. The van der Waals surface area contributed by atoms with Crippen LogP contribution in [-0.2, 0) is 11.2 Å². The summed E-state index contributed by atoms with van der Waals surface area (Å²) in [5, 5.41) is 11.3. The standard InChI is InChI=1S/C19H19N3O2S2/c23-17(20-11-12-25-16-9-5-2-6-10-16)14-26-19-22-21-18(24-19)13-15-7-3-1-4-8-15/h1-10H,11-14H2,(H,20,23). The predicted molar refractivity (Wildman–Crippen MR) is 104 cm³/mol. The van der Waals surface area contributed by atoms with Crippen molar-refractivity contribution in [1.82, 2.24) is 15.5 Å². The van der Waals surface area contributed by atoms with Crippen LogP contribution in [0.25, 0.3) is 0 Å². The van der Waals surface area contributed by atoms with E-state index in [9.17, 15) is 4.79 Å². The van der Waals surface area contributed by atoms with E-state index < -0.39 is 0 Å². The molecule has 0 saturated carbocycles. The number of amides is 1. The van der Waals surface area contributed by atoms with Gasteiger partial charge in [0, 0.05) is 17.2 Å². The summed E-state index contributed by atoms with van der Waals surface area (Å²) in [4.78, 5) is 13.1. The van der Waals surface area contributed by atoms with Gasteiger partial charge >= 0.3 is 0 Å². The number of carbonyl (C=O) groups excluding carboxylic acids is 1. The zero-order valence-electron chi connectivity index (χ0n) is 14.1. The summed E-state index contributed by atoms with van der Waals surface area (Å²) in [6, 6.07) is 20.1. The Kier molecular flexibility index (Phi) is 7.15. The van der Waals surface area contributed by atoms with Gasteiger partial charge in [0.05, 0.1) is 12.2 Å². The fraction of sp³-hybridized carbons (Fsp3) is 0.211. The number of thioether (sulfide) groups is 2. The Morgan fingerprint density at radius 3 is 2.46 bits per heavy atom. The quantitative estimate of drug-likeness (QED) is 0.448. The number of aromatic nitrogens is 2. The van der Waals surface area contributed by atoms with Crippen molar-refractivity contribution in [3.63, 3.8) is 0 Å². The molecule has 134 valence electrons. The van der Waals surface area contributed by atoms with Crippen molar-refractivity contribution in [2.24, 2.45) is 0 Å². The fourth-order valence-corrected chi connectivity index (χ4v) is 3.59. The summed E-state index contributed by atoms with van der Waals surface area (Å²) >= 11 is 2.97. The maximum absolute atomic E-state index is 11.9. The average molecular weight is 386 g/mol. The van der Waals surface area contributed by atoms with Crippen LogP contribution in [0.15, 0.2) is 75.2 Å².